The van der Waals surface area contributed by atoms with Gasteiger partial charge in [0.1, 0.15) is 5.58 Å². The van der Waals surface area contributed by atoms with Crippen molar-refractivity contribution in [1.29, 1.82) is 0 Å². The summed E-state index contributed by atoms with van der Waals surface area (Å²) in [4.78, 5) is 26.7. The van der Waals surface area contributed by atoms with Gasteiger partial charge in [-0.3, -0.25) is 9.59 Å². The predicted octanol–water partition coefficient (Wildman–Crippen LogP) is 3.03. The van der Waals surface area contributed by atoms with Crippen molar-refractivity contribution in [2.75, 3.05) is 7.05 Å². The van der Waals surface area contributed by atoms with Crippen LogP contribution in [0, 0.1) is 0 Å². The Bertz CT molecular complexity index is 964. The van der Waals surface area contributed by atoms with Crippen LogP contribution in [0.5, 0.6) is 0 Å². The highest BCUT2D eigenvalue weighted by Gasteiger charge is 2.29. The van der Waals surface area contributed by atoms with Crippen molar-refractivity contribution in [3.8, 4) is 0 Å². The molecule has 0 saturated heterocycles. The summed E-state index contributed by atoms with van der Waals surface area (Å²) in [5, 5.41) is 0.491. The van der Waals surface area contributed by atoms with Gasteiger partial charge in [-0.25, -0.2) is 0 Å². The standard InChI is InChI=1S/C20H17NO3/c1-21(15-10-13-6-2-3-7-14(13)11-15)20(23)19-12-17(22)16-8-4-5-9-18(16)24-19/h2-9,12,15H,10-11H2,1H3. The second kappa shape index (κ2) is 5.64. The van der Waals surface area contributed by atoms with Crippen LogP contribution in [0.2, 0.25) is 0 Å². The van der Waals surface area contributed by atoms with Crippen molar-refractivity contribution in [3.63, 3.8) is 0 Å². The molecular formula is C20H17NO3. The van der Waals surface area contributed by atoms with Crippen molar-refractivity contribution in [1.82, 2.24) is 4.90 Å². The number of hydrogen-bond acceptors (Lipinski definition) is 3. The SMILES string of the molecule is CN(C(=O)c1cc(=O)c2ccccc2o1)C1Cc2ccccc2C1. The van der Waals surface area contributed by atoms with Crippen molar-refractivity contribution < 1.29 is 9.21 Å². The number of benzene rings is 2. The van der Waals surface area contributed by atoms with E-state index in [1.54, 1.807) is 36.2 Å². The molecule has 1 heterocycles. The molecule has 1 aliphatic rings. The molecule has 0 aliphatic heterocycles. The van der Waals surface area contributed by atoms with Crippen LogP contribution in [0.4, 0.5) is 0 Å². The Kier molecular flexibility index (Phi) is 3.45. The summed E-state index contributed by atoms with van der Waals surface area (Å²) in [6.45, 7) is 0. The van der Waals surface area contributed by atoms with E-state index in [1.165, 1.54) is 17.2 Å². The highest BCUT2D eigenvalue weighted by molar-refractivity contribution is 5.93. The lowest BCUT2D eigenvalue weighted by atomic mass is 10.1. The molecular weight excluding hydrogens is 302 g/mol. The van der Waals surface area contributed by atoms with E-state index in [0.29, 0.717) is 11.0 Å². The first-order chi connectivity index (χ1) is 11.6. The van der Waals surface area contributed by atoms with Crippen LogP contribution in [0.15, 0.2) is 63.8 Å². The van der Waals surface area contributed by atoms with Crippen molar-refractivity contribution >= 4 is 16.9 Å². The monoisotopic (exact) mass is 319 g/mol. The number of carbonyl (C=O) groups is 1. The van der Waals surface area contributed by atoms with E-state index in [4.69, 9.17) is 4.42 Å². The van der Waals surface area contributed by atoms with E-state index in [0.717, 1.165) is 12.8 Å². The number of nitrogens with zero attached hydrogens (tertiary/aromatic N) is 1. The summed E-state index contributed by atoms with van der Waals surface area (Å²) in [5.74, 6) is -0.159. The maximum atomic E-state index is 12.8. The second-order valence-electron chi connectivity index (χ2n) is 6.22. The van der Waals surface area contributed by atoms with Crippen LogP contribution in [0.1, 0.15) is 21.7 Å². The molecule has 2 aromatic carbocycles. The van der Waals surface area contributed by atoms with Crippen LogP contribution in [-0.4, -0.2) is 23.9 Å². The molecule has 120 valence electrons. The van der Waals surface area contributed by atoms with Crippen LogP contribution >= 0.6 is 0 Å². The number of likely N-dealkylation sites (N-methyl/N-ethyl adjacent to an activating group) is 1. The Morgan fingerprint density at radius 1 is 1.04 bits per heavy atom. The maximum Gasteiger partial charge on any atom is 0.289 e. The molecule has 0 bridgehead atoms. The third-order valence-electron chi connectivity index (χ3n) is 4.74. The zero-order chi connectivity index (χ0) is 16.7. The molecule has 24 heavy (non-hydrogen) atoms. The Hall–Kier alpha value is -2.88. The van der Waals surface area contributed by atoms with Gasteiger partial charge in [-0.15, -0.1) is 0 Å². The lowest BCUT2D eigenvalue weighted by Crippen LogP contribution is -2.37. The Labute approximate surface area is 139 Å². The smallest absolute Gasteiger partial charge is 0.289 e. The first-order valence-electron chi connectivity index (χ1n) is 8.00. The summed E-state index contributed by atoms with van der Waals surface area (Å²) in [6, 6.07) is 16.6. The summed E-state index contributed by atoms with van der Waals surface area (Å²) in [7, 11) is 1.77. The molecule has 0 fully saturated rings. The first kappa shape index (κ1) is 14.7. The van der Waals surface area contributed by atoms with Crippen LogP contribution in [0.25, 0.3) is 11.0 Å². The van der Waals surface area contributed by atoms with Crippen molar-refractivity contribution in [2.45, 2.75) is 18.9 Å². The molecule has 0 spiro atoms. The molecule has 1 aromatic heterocycles. The number of amides is 1. The summed E-state index contributed by atoms with van der Waals surface area (Å²) in [5.41, 5.74) is 2.81. The normalized spacial score (nSPS) is 13.9. The zero-order valence-corrected chi connectivity index (χ0v) is 13.4. The fourth-order valence-electron chi connectivity index (χ4n) is 3.36. The van der Waals surface area contributed by atoms with Gasteiger partial charge >= 0.3 is 0 Å². The Morgan fingerprint density at radius 3 is 2.38 bits per heavy atom. The lowest BCUT2D eigenvalue weighted by molar-refractivity contribution is 0.0706. The molecule has 1 aliphatic carbocycles. The first-order valence-corrected chi connectivity index (χ1v) is 8.00. The average molecular weight is 319 g/mol. The predicted molar refractivity (Wildman–Crippen MR) is 92.2 cm³/mol. The molecule has 4 nitrogen and oxygen atoms in total. The van der Waals surface area contributed by atoms with E-state index < -0.39 is 0 Å². The molecule has 0 unspecified atom stereocenters. The molecule has 0 N–H and O–H groups in total. The van der Waals surface area contributed by atoms with Gasteiger partial charge in [0.2, 0.25) is 0 Å². The number of rotatable bonds is 2. The highest BCUT2D eigenvalue weighted by atomic mass is 16.3. The number of fused-ring (bicyclic) bond motifs is 2. The fourth-order valence-corrected chi connectivity index (χ4v) is 3.36. The molecule has 3 aromatic rings. The van der Waals surface area contributed by atoms with Gasteiger partial charge in [-0.05, 0) is 36.1 Å². The van der Waals surface area contributed by atoms with Crippen molar-refractivity contribution in [2.24, 2.45) is 0 Å². The third kappa shape index (κ3) is 2.40. The van der Waals surface area contributed by atoms with Gasteiger partial charge in [0, 0.05) is 19.2 Å². The van der Waals surface area contributed by atoms with E-state index >= 15 is 0 Å². The van der Waals surface area contributed by atoms with Gasteiger partial charge in [0.05, 0.1) is 5.39 Å². The van der Waals surface area contributed by atoms with Crippen molar-refractivity contribution in [3.05, 3.63) is 81.7 Å². The second-order valence-corrected chi connectivity index (χ2v) is 6.22. The van der Waals surface area contributed by atoms with Gasteiger partial charge in [0.25, 0.3) is 5.91 Å². The van der Waals surface area contributed by atoms with E-state index in [2.05, 4.69) is 12.1 Å². The zero-order valence-electron chi connectivity index (χ0n) is 13.4. The molecule has 4 heteroatoms. The topological polar surface area (TPSA) is 50.5 Å². The van der Waals surface area contributed by atoms with Crippen LogP contribution < -0.4 is 5.43 Å². The molecule has 4 rings (SSSR count). The van der Waals surface area contributed by atoms with E-state index in [-0.39, 0.29) is 23.1 Å². The van der Waals surface area contributed by atoms with Gasteiger partial charge in [-0.1, -0.05) is 36.4 Å². The third-order valence-corrected chi connectivity index (χ3v) is 4.74. The van der Waals surface area contributed by atoms with Crippen LogP contribution in [0.3, 0.4) is 0 Å². The minimum atomic E-state index is -0.254. The summed E-state index contributed by atoms with van der Waals surface area (Å²) >= 11 is 0. The number of para-hydroxylation sites is 1. The lowest BCUT2D eigenvalue weighted by Gasteiger charge is -2.23. The number of hydrogen-bond donors (Lipinski definition) is 0. The molecule has 1 amide bonds. The Morgan fingerprint density at radius 2 is 1.67 bits per heavy atom. The Balaban J connectivity index is 1.63. The minimum Gasteiger partial charge on any atom is -0.451 e. The van der Waals surface area contributed by atoms with Crippen LogP contribution in [-0.2, 0) is 12.8 Å². The fraction of sp³-hybridized carbons (Fsp3) is 0.200. The average Bonchev–Trinajstić information content (AvgIpc) is 3.04. The quantitative estimate of drug-likeness (QED) is 0.729. The molecule has 0 saturated carbocycles. The van der Waals surface area contributed by atoms with Gasteiger partial charge in [0.15, 0.2) is 11.2 Å². The van der Waals surface area contributed by atoms with Gasteiger partial charge < -0.3 is 9.32 Å². The summed E-state index contributed by atoms with van der Waals surface area (Å²) < 4.78 is 5.67. The molecule has 0 radical (unpaired) electrons. The van der Waals surface area contributed by atoms with E-state index in [1.807, 2.05) is 12.1 Å². The molecule has 0 atom stereocenters. The number of carbonyl (C=O) groups excluding carboxylic acids is 1. The minimum absolute atomic E-state index is 0.0895. The maximum absolute atomic E-state index is 12.8. The summed E-state index contributed by atoms with van der Waals surface area (Å²) in [6.07, 6.45) is 1.66. The highest BCUT2D eigenvalue weighted by Crippen LogP contribution is 2.25. The van der Waals surface area contributed by atoms with E-state index in [9.17, 15) is 9.59 Å². The van der Waals surface area contributed by atoms with Gasteiger partial charge in [-0.2, -0.15) is 0 Å². The largest absolute Gasteiger partial charge is 0.451 e.